The highest BCUT2D eigenvalue weighted by Crippen LogP contribution is 2.31. The maximum atomic E-state index is 12.5. The molecule has 1 saturated heterocycles. The summed E-state index contributed by atoms with van der Waals surface area (Å²) in [5, 5.41) is 20.3. The first kappa shape index (κ1) is 17.8. The van der Waals surface area contributed by atoms with E-state index in [1.807, 2.05) is 19.9 Å². The number of aromatic amines is 1. The van der Waals surface area contributed by atoms with Crippen molar-refractivity contribution in [3.8, 4) is 0 Å². The van der Waals surface area contributed by atoms with Crippen molar-refractivity contribution in [2.75, 3.05) is 13.1 Å². The van der Waals surface area contributed by atoms with E-state index in [4.69, 9.17) is 0 Å². The number of hydrogen-bond acceptors (Lipinski definition) is 5. The maximum Gasteiger partial charge on any atom is 0.331 e. The number of aromatic nitrogens is 4. The summed E-state index contributed by atoms with van der Waals surface area (Å²) in [4.78, 5) is 37.1. The van der Waals surface area contributed by atoms with Gasteiger partial charge in [0.05, 0.1) is 5.69 Å². The SMILES string of the molecule is CC(C)c1ccn(C2(C(=O)O)CCN(C(=O)c3ccc(=O)[nH]n3)CC2)n1. The van der Waals surface area contributed by atoms with Gasteiger partial charge in [0.25, 0.3) is 11.5 Å². The number of likely N-dealkylation sites (tertiary alicyclic amines) is 1. The fourth-order valence-electron chi connectivity index (χ4n) is 3.13. The Morgan fingerprint density at radius 2 is 1.92 bits per heavy atom. The summed E-state index contributed by atoms with van der Waals surface area (Å²) in [5.74, 6) is -1.08. The monoisotopic (exact) mass is 359 g/mol. The van der Waals surface area contributed by atoms with Gasteiger partial charge >= 0.3 is 5.97 Å². The molecule has 1 aliphatic heterocycles. The first-order valence-corrected chi connectivity index (χ1v) is 8.48. The van der Waals surface area contributed by atoms with Crippen molar-refractivity contribution in [3.63, 3.8) is 0 Å². The Kier molecular flexibility index (Phi) is 4.62. The van der Waals surface area contributed by atoms with Crippen LogP contribution in [0, 0.1) is 0 Å². The van der Waals surface area contributed by atoms with Crippen molar-refractivity contribution in [3.05, 3.63) is 46.1 Å². The van der Waals surface area contributed by atoms with Gasteiger partial charge in [-0.3, -0.25) is 14.3 Å². The second-order valence-corrected chi connectivity index (χ2v) is 6.78. The molecule has 2 aromatic rings. The summed E-state index contributed by atoms with van der Waals surface area (Å²) in [6.45, 7) is 4.53. The molecule has 0 unspecified atom stereocenters. The predicted molar refractivity (Wildman–Crippen MR) is 91.9 cm³/mol. The molecule has 0 aromatic carbocycles. The van der Waals surface area contributed by atoms with Gasteiger partial charge in [-0.25, -0.2) is 9.89 Å². The van der Waals surface area contributed by atoms with Crippen LogP contribution in [-0.4, -0.2) is 55.0 Å². The fourth-order valence-corrected chi connectivity index (χ4v) is 3.13. The molecule has 0 aliphatic carbocycles. The third-order valence-corrected chi connectivity index (χ3v) is 4.81. The van der Waals surface area contributed by atoms with Crippen LogP contribution in [0.2, 0.25) is 0 Å². The number of hydrogen-bond donors (Lipinski definition) is 2. The summed E-state index contributed by atoms with van der Waals surface area (Å²) in [6.07, 6.45) is 2.19. The molecule has 1 amide bonds. The van der Waals surface area contributed by atoms with Crippen LogP contribution in [-0.2, 0) is 10.3 Å². The number of piperidine rings is 1. The highest BCUT2D eigenvalue weighted by atomic mass is 16.4. The number of nitrogens with zero attached hydrogens (tertiary/aromatic N) is 4. The third kappa shape index (κ3) is 3.12. The molecule has 0 radical (unpaired) electrons. The second kappa shape index (κ2) is 6.74. The van der Waals surface area contributed by atoms with Crippen molar-refractivity contribution in [1.82, 2.24) is 24.9 Å². The molecule has 138 valence electrons. The van der Waals surface area contributed by atoms with Crippen molar-refractivity contribution in [2.45, 2.75) is 38.1 Å². The van der Waals surface area contributed by atoms with E-state index in [9.17, 15) is 19.5 Å². The lowest BCUT2D eigenvalue weighted by Crippen LogP contribution is -2.52. The van der Waals surface area contributed by atoms with Crippen molar-refractivity contribution in [1.29, 1.82) is 0 Å². The normalized spacial score (nSPS) is 16.7. The van der Waals surface area contributed by atoms with E-state index >= 15 is 0 Å². The van der Waals surface area contributed by atoms with Gasteiger partial charge in [-0.15, -0.1) is 0 Å². The van der Waals surface area contributed by atoms with Gasteiger partial charge in [0, 0.05) is 38.2 Å². The number of nitrogens with one attached hydrogen (secondary N) is 1. The minimum Gasteiger partial charge on any atom is -0.479 e. The van der Waals surface area contributed by atoms with Crippen LogP contribution in [0.5, 0.6) is 0 Å². The summed E-state index contributed by atoms with van der Waals surface area (Å²) >= 11 is 0. The van der Waals surface area contributed by atoms with E-state index in [0.717, 1.165) is 5.69 Å². The Morgan fingerprint density at radius 3 is 2.42 bits per heavy atom. The van der Waals surface area contributed by atoms with Crippen LogP contribution < -0.4 is 5.56 Å². The van der Waals surface area contributed by atoms with Crippen LogP contribution >= 0.6 is 0 Å². The van der Waals surface area contributed by atoms with Crippen LogP contribution in [0.25, 0.3) is 0 Å². The van der Waals surface area contributed by atoms with E-state index < -0.39 is 11.5 Å². The number of carbonyl (C=O) groups is 2. The number of carbonyl (C=O) groups excluding carboxylic acids is 1. The Morgan fingerprint density at radius 1 is 1.23 bits per heavy atom. The zero-order chi connectivity index (χ0) is 18.9. The van der Waals surface area contributed by atoms with Crippen LogP contribution in [0.4, 0.5) is 0 Å². The zero-order valence-corrected chi connectivity index (χ0v) is 14.7. The average Bonchev–Trinajstić information content (AvgIpc) is 3.12. The number of amides is 1. The molecule has 9 heteroatoms. The Bertz CT molecular complexity index is 857. The molecule has 3 rings (SSSR count). The van der Waals surface area contributed by atoms with E-state index in [0.29, 0.717) is 0 Å². The molecule has 1 aliphatic rings. The molecular weight excluding hydrogens is 338 g/mol. The number of H-pyrrole nitrogens is 1. The third-order valence-electron chi connectivity index (χ3n) is 4.81. The first-order chi connectivity index (χ1) is 12.3. The van der Waals surface area contributed by atoms with E-state index in [1.54, 1.807) is 11.1 Å². The molecule has 0 bridgehead atoms. The quantitative estimate of drug-likeness (QED) is 0.833. The van der Waals surface area contributed by atoms with E-state index in [1.165, 1.54) is 16.8 Å². The Balaban J connectivity index is 1.79. The van der Waals surface area contributed by atoms with Gasteiger partial charge in [0.15, 0.2) is 5.54 Å². The average molecular weight is 359 g/mol. The lowest BCUT2D eigenvalue weighted by atomic mass is 9.87. The Labute approximate surface area is 149 Å². The lowest BCUT2D eigenvalue weighted by molar-refractivity contribution is -0.150. The number of carboxylic acid groups (broad SMARTS) is 1. The number of carboxylic acids is 1. The molecule has 0 saturated carbocycles. The molecule has 2 aromatic heterocycles. The Hall–Kier alpha value is -2.97. The lowest BCUT2D eigenvalue weighted by Gasteiger charge is -2.38. The summed E-state index contributed by atoms with van der Waals surface area (Å²) in [7, 11) is 0. The van der Waals surface area contributed by atoms with Crippen molar-refractivity contribution < 1.29 is 14.7 Å². The van der Waals surface area contributed by atoms with Gasteiger partial charge in [0.1, 0.15) is 5.69 Å². The van der Waals surface area contributed by atoms with Crippen LogP contribution in [0.3, 0.4) is 0 Å². The molecule has 1 fully saturated rings. The highest BCUT2D eigenvalue weighted by Gasteiger charge is 2.45. The highest BCUT2D eigenvalue weighted by molar-refractivity contribution is 5.92. The molecule has 2 N–H and O–H groups in total. The topological polar surface area (TPSA) is 121 Å². The molecule has 0 atom stereocenters. The molecule has 3 heterocycles. The standard InChI is InChI=1S/C17H21N5O4/c1-11(2)12-5-8-22(20-12)17(16(25)26)6-9-21(10-7-17)15(24)13-3-4-14(23)19-18-13/h3-5,8,11H,6-7,9-10H2,1-2H3,(H,19,23)(H,25,26). The minimum atomic E-state index is -1.16. The van der Waals surface area contributed by atoms with Crippen molar-refractivity contribution in [2.24, 2.45) is 0 Å². The smallest absolute Gasteiger partial charge is 0.331 e. The largest absolute Gasteiger partial charge is 0.479 e. The minimum absolute atomic E-state index is 0.133. The predicted octanol–water partition coefficient (Wildman–Crippen LogP) is 0.806. The zero-order valence-electron chi connectivity index (χ0n) is 14.7. The van der Waals surface area contributed by atoms with Gasteiger partial charge in [0.2, 0.25) is 0 Å². The summed E-state index contributed by atoms with van der Waals surface area (Å²) in [6, 6.07) is 4.43. The summed E-state index contributed by atoms with van der Waals surface area (Å²) < 4.78 is 1.52. The number of aliphatic carboxylic acids is 1. The second-order valence-electron chi connectivity index (χ2n) is 6.78. The van der Waals surface area contributed by atoms with Crippen LogP contribution in [0.15, 0.2) is 29.2 Å². The molecular formula is C17H21N5O4. The fraction of sp³-hybridized carbons (Fsp3) is 0.471. The summed E-state index contributed by atoms with van der Waals surface area (Å²) in [5.41, 5.74) is -0.581. The van der Waals surface area contributed by atoms with Crippen molar-refractivity contribution >= 4 is 11.9 Å². The van der Waals surface area contributed by atoms with E-state index in [2.05, 4.69) is 15.3 Å². The molecule has 26 heavy (non-hydrogen) atoms. The number of rotatable bonds is 4. The van der Waals surface area contributed by atoms with Gasteiger partial charge < -0.3 is 10.0 Å². The van der Waals surface area contributed by atoms with Gasteiger partial charge in [-0.1, -0.05) is 13.8 Å². The van der Waals surface area contributed by atoms with Gasteiger partial charge in [-0.05, 0) is 18.1 Å². The van der Waals surface area contributed by atoms with E-state index in [-0.39, 0.29) is 49.0 Å². The maximum absolute atomic E-state index is 12.5. The molecule has 9 nitrogen and oxygen atoms in total. The van der Waals surface area contributed by atoms with Crippen LogP contribution in [0.1, 0.15) is 48.8 Å². The molecule has 0 spiro atoms. The van der Waals surface area contributed by atoms with Gasteiger partial charge in [-0.2, -0.15) is 10.2 Å². The first-order valence-electron chi connectivity index (χ1n) is 8.48.